The molecule has 16 heavy (non-hydrogen) atoms. The number of nitrogens with one attached hydrogen (secondary N) is 1. The van der Waals surface area contributed by atoms with E-state index in [9.17, 15) is 0 Å². The Bertz CT molecular complexity index is 612. The molecule has 3 heteroatoms. The third-order valence-electron chi connectivity index (χ3n) is 2.66. The Morgan fingerprint density at radius 2 is 2.00 bits per heavy atom. The molecule has 1 aromatic heterocycles. The van der Waals surface area contributed by atoms with Gasteiger partial charge in [0.25, 0.3) is 0 Å². The first kappa shape index (κ1) is 8.97. The number of hydrogen-bond acceptors (Lipinski definition) is 3. The maximum atomic E-state index is 6.15. The Labute approximate surface area is 93.3 Å². The van der Waals surface area contributed by atoms with Crippen LogP contribution in [0.3, 0.4) is 0 Å². The molecule has 0 saturated heterocycles. The van der Waals surface area contributed by atoms with Crippen LogP contribution < -0.4 is 11.1 Å². The summed E-state index contributed by atoms with van der Waals surface area (Å²) in [6.45, 7) is 0. The zero-order chi connectivity index (χ0) is 11.0. The summed E-state index contributed by atoms with van der Waals surface area (Å²) < 4.78 is 0. The minimum absolute atomic E-state index is 0.771. The van der Waals surface area contributed by atoms with Crippen molar-refractivity contribution in [3.05, 3.63) is 48.2 Å². The molecule has 0 bridgehead atoms. The van der Waals surface area contributed by atoms with Gasteiger partial charge in [0.15, 0.2) is 0 Å². The second-order valence-electron chi connectivity index (χ2n) is 3.67. The lowest BCUT2D eigenvalue weighted by Crippen LogP contribution is -2.00. The van der Waals surface area contributed by atoms with Crippen LogP contribution in [0.2, 0.25) is 0 Å². The molecule has 2 heterocycles. The van der Waals surface area contributed by atoms with Crippen LogP contribution in [0.5, 0.6) is 0 Å². The van der Waals surface area contributed by atoms with E-state index >= 15 is 0 Å². The molecular weight excluding hydrogens is 198 g/mol. The predicted octanol–water partition coefficient (Wildman–Crippen LogP) is 2.77. The summed E-state index contributed by atoms with van der Waals surface area (Å²) in [5, 5.41) is 4.12. The summed E-state index contributed by atoms with van der Waals surface area (Å²) >= 11 is 0. The van der Waals surface area contributed by atoms with Crippen molar-refractivity contribution in [2.75, 3.05) is 11.1 Å². The lowest BCUT2D eigenvalue weighted by molar-refractivity contribution is 1.37. The fourth-order valence-corrected chi connectivity index (χ4v) is 1.87. The maximum absolute atomic E-state index is 6.15. The van der Waals surface area contributed by atoms with Gasteiger partial charge in [-0.3, -0.25) is 0 Å². The van der Waals surface area contributed by atoms with Gasteiger partial charge in [0.1, 0.15) is 5.82 Å². The summed E-state index contributed by atoms with van der Waals surface area (Å²) in [6, 6.07) is 7.89. The minimum atomic E-state index is 0.771. The monoisotopic (exact) mass is 209 g/mol. The van der Waals surface area contributed by atoms with Gasteiger partial charge >= 0.3 is 0 Å². The van der Waals surface area contributed by atoms with E-state index in [0.717, 1.165) is 28.0 Å². The van der Waals surface area contributed by atoms with Crippen LogP contribution >= 0.6 is 0 Å². The molecule has 0 saturated carbocycles. The van der Waals surface area contributed by atoms with Crippen molar-refractivity contribution in [2.24, 2.45) is 0 Å². The number of fused-ring (bicyclic) bond motifs is 2. The quantitative estimate of drug-likeness (QED) is 0.701. The van der Waals surface area contributed by atoms with E-state index in [-0.39, 0.29) is 0 Å². The van der Waals surface area contributed by atoms with Gasteiger partial charge in [-0.15, -0.1) is 0 Å². The summed E-state index contributed by atoms with van der Waals surface area (Å²) in [7, 11) is 0. The van der Waals surface area contributed by atoms with E-state index < -0.39 is 0 Å². The number of benzene rings is 1. The van der Waals surface area contributed by atoms with Crippen LogP contribution in [-0.2, 0) is 0 Å². The predicted molar refractivity (Wildman–Crippen MR) is 68.0 cm³/mol. The number of nitrogens with two attached hydrogens (primary N) is 1. The van der Waals surface area contributed by atoms with Crippen molar-refractivity contribution in [1.29, 1.82) is 0 Å². The summed E-state index contributed by atoms with van der Waals surface area (Å²) in [5.41, 5.74) is 8.78. The normalized spacial score (nSPS) is 13.2. The van der Waals surface area contributed by atoms with Gasteiger partial charge in [0.2, 0.25) is 0 Å². The lowest BCUT2D eigenvalue weighted by Gasteiger charge is -2.10. The number of rotatable bonds is 0. The number of para-hydroxylation sites is 1. The van der Waals surface area contributed by atoms with Crippen molar-refractivity contribution in [1.82, 2.24) is 4.98 Å². The summed E-state index contributed by atoms with van der Waals surface area (Å²) in [5.74, 6) is 0.807. The number of hydrogen-bond donors (Lipinski definition) is 2. The third-order valence-corrected chi connectivity index (χ3v) is 2.66. The van der Waals surface area contributed by atoms with Crippen molar-refractivity contribution >= 4 is 28.5 Å². The highest BCUT2D eigenvalue weighted by atomic mass is 15.0. The van der Waals surface area contributed by atoms with E-state index in [4.69, 9.17) is 5.73 Å². The first-order chi connectivity index (χ1) is 7.86. The Morgan fingerprint density at radius 3 is 2.94 bits per heavy atom. The first-order valence-corrected chi connectivity index (χ1v) is 5.14. The van der Waals surface area contributed by atoms with Crippen LogP contribution in [-0.4, -0.2) is 4.98 Å². The molecule has 1 aromatic carbocycles. The van der Waals surface area contributed by atoms with Crippen molar-refractivity contribution in [2.45, 2.75) is 0 Å². The lowest BCUT2D eigenvalue weighted by atomic mass is 10.1. The van der Waals surface area contributed by atoms with Crippen LogP contribution in [0.1, 0.15) is 5.56 Å². The smallest absolute Gasteiger partial charge is 0.140 e. The maximum Gasteiger partial charge on any atom is 0.140 e. The van der Waals surface area contributed by atoms with Gasteiger partial charge in [0.05, 0.1) is 11.2 Å². The molecule has 3 N–H and O–H groups in total. The number of allylic oxidation sites excluding steroid dienone is 2. The van der Waals surface area contributed by atoms with E-state index in [2.05, 4.69) is 10.3 Å². The third kappa shape index (κ3) is 1.26. The molecule has 0 aliphatic carbocycles. The topological polar surface area (TPSA) is 50.9 Å². The first-order valence-electron chi connectivity index (χ1n) is 5.14. The second-order valence-corrected chi connectivity index (χ2v) is 3.67. The highest BCUT2D eigenvalue weighted by Crippen LogP contribution is 2.30. The molecule has 0 unspecified atom stereocenters. The second kappa shape index (κ2) is 3.38. The largest absolute Gasteiger partial charge is 0.398 e. The zero-order valence-corrected chi connectivity index (χ0v) is 8.64. The molecule has 0 atom stereocenters. The molecule has 78 valence electrons. The fraction of sp³-hybridized carbons (Fsp3) is 0. The van der Waals surface area contributed by atoms with Gasteiger partial charge < -0.3 is 11.1 Å². The van der Waals surface area contributed by atoms with Crippen LogP contribution in [0.15, 0.2) is 42.6 Å². The van der Waals surface area contributed by atoms with Gasteiger partial charge in [-0.1, -0.05) is 24.3 Å². The minimum Gasteiger partial charge on any atom is -0.398 e. The summed E-state index contributed by atoms with van der Waals surface area (Å²) in [4.78, 5) is 4.54. The van der Waals surface area contributed by atoms with E-state index in [1.54, 1.807) is 0 Å². The standard InChI is InChI=1S/C13H11N3/c14-12-9-5-1-2-7-11(9)16-13-10(12)6-3-4-8-15-13/h1-8H,(H3,14,15,16). The molecule has 1 aliphatic rings. The van der Waals surface area contributed by atoms with Crippen molar-refractivity contribution < 1.29 is 0 Å². The number of nitrogens with zero attached hydrogens (tertiary/aromatic N) is 1. The van der Waals surface area contributed by atoms with Gasteiger partial charge in [0, 0.05) is 17.1 Å². The fourth-order valence-electron chi connectivity index (χ4n) is 1.87. The molecule has 0 amide bonds. The average Bonchev–Trinajstić information content (AvgIpc) is 2.55. The van der Waals surface area contributed by atoms with E-state index in [1.807, 2.05) is 48.7 Å². The van der Waals surface area contributed by atoms with E-state index in [1.165, 1.54) is 0 Å². The Hall–Kier alpha value is -2.29. The van der Waals surface area contributed by atoms with Crippen LogP contribution in [0.4, 0.5) is 11.5 Å². The SMILES string of the molecule is Nc1c2c(nc3ccccc13)NC=CC=C2. The zero-order valence-electron chi connectivity index (χ0n) is 8.64. The Morgan fingerprint density at radius 1 is 1.12 bits per heavy atom. The molecule has 0 radical (unpaired) electrons. The number of nitrogen functional groups attached to an aromatic ring is 1. The van der Waals surface area contributed by atoms with Gasteiger partial charge in [-0.2, -0.15) is 0 Å². The van der Waals surface area contributed by atoms with E-state index in [0.29, 0.717) is 0 Å². The van der Waals surface area contributed by atoms with Crippen molar-refractivity contribution in [3.8, 4) is 0 Å². The van der Waals surface area contributed by atoms with Crippen LogP contribution in [0.25, 0.3) is 17.0 Å². The number of anilines is 2. The Kier molecular flexibility index (Phi) is 1.90. The van der Waals surface area contributed by atoms with Gasteiger partial charge in [-0.05, 0) is 18.2 Å². The molecule has 3 rings (SSSR count). The molecular formula is C13H11N3. The number of aromatic nitrogens is 1. The van der Waals surface area contributed by atoms with Gasteiger partial charge in [-0.25, -0.2) is 4.98 Å². The molecule has 0 fully saturated rings. The molecule has 2 aromatic rings. The molecule has 1 aliphatic heterocycles. The summed E-state index contributed by atoms with van der Waals surface area (Å²) in [6.07, 6.45) is 7.70. The highest BCUT2D eigenvalue weighted by Gasteiger charge is 2.10. The Balaban J connectivity index is 2.39. The molecule has 3 nitrogen and oxygen atoms in total. The number of pyridine rings is 1. The van der Waals surface area contributed by atoms with Crippen LogP contribution in [0, 0.1) is 0 Å². The highest BCUT2D eigenvalue weighted by molar-refractivity contribution is 5.98. The molecule has 0 spiro atoms. The van der Waals surface area contributed by atoms with Crippen molar-refractivity contribution in [3.63, 3.8) is 0 Å². The average molecular weight is 209 g/mol.